The highest BCUT2D eigenvalue weighted by atomic mass is 79.9. The van der Waals surface area contributed by atoms with Gasteiger partial charge in [-0.15, -0.1) is 0 Å². The maximum atomic E-state index is 12.4. The first kappa shape index (κ1) is 14.8. The first-order valence-corrected chi connectivity index (χ1v) is 7.35. The molecule has 0 radical (unpaired) electrons. The number of pyridine rings is 1. The van der Waals surface area contributed by atoms with Crippen LogP contribution >= 0.6 is 27.5 Å². The van der Waals surface area contributed by atoms with Gasteiger partial charge in [0.25, 0.3) is 17.4 Å². The molecule has 1 aliphatic heterocycles. The monoisotopic (exact) mass is 381 g/mol. The zero-order valence-corrected chi connectivity index (χ0v) is 13.6. The zero-order chi connectivity index (χ0) is 16.2. The van der Waals surface area contributed by atoms with E-state index in [4.69, 9.17) is 17.3 Å². The van der Waals surface area contributed by atoms with Gasteiger partial charge in [-0.1, -0.05) is 27.5 Å². The summed E-state index contributed by atoms with van der Waals surface area (Å²) >= 11 is 9.53. The van der Waals surface area contributed by atoms with Crippen molar-refractivity contribution in [3.63, 3.8) is 0 Å². The zero-order valence-electron chi connectivity index (χ0n) is 11.2. The number of imide groups is 1. The number of anilines is 1. The Kier molecular flexibility index (Phi) is 3.34. The van der Waals surface area contributed by atoms with Gasteiger partial charge in [0, 0.05) is 10.5 Å². The molecule has 0 fully saturated rings. The minimum atomic E-state index is -0.630. The molecule has 0 unspecified atom stereocenters. The maximum Gasteiger partial charge on any atom is 0.262 e. The van der Waals surface area contributed by atoms with Crippen LogP contribution in [0, 0.1) is 6.92 Å². The van der Waals surface area contributed by atoms with Crippen molar-refractivity contribution in [2.45, 2.75) is 6.92 Å². The molecule has 2 aromatic rings. The van der Waals surface area contributed by atoms with Gasteiger partial charge in [-0.3, -0.25) is 24.3 Å². The first-order valence-electron chi connectivity index (χ1n) is 6.18. The number of hydrogen-bond acceptors (Lipinski definition) is 4. The van der Waals surface area contributed by atoms with Crippen molar-refractivity contribution >= 4 is 45.2 Å². The predicted molar refractivity (Wildman–Crippen MR) is 85.7 cm³/mol. The van der Waals surface area contributed by atoms with Gasteiger partial charge in [-0.05, 0) is 24.6 Å². The summed E-state index contributed by atoms with van der Waals surface area (Å²) in [5, 5.41) is 2.41. The quantitative estimate of drug-likeness (QED) is 0.738. The molecule has 6 nitrogen and oxygen atoms in total. The Hall–Kier alpha value is -2.12. The van der Waals surface area contributed by atoms with Crippen LogP contribution in [0.2, 0.25) is 5.02 Å². The lowest BCUT2D eigenvalue weighted by molar-refractivity contribution is 0.0880. The average molecular weight is 383 g/mol. The summed E-state index contributed by atoms with van der Waals surface area (Å²) in [6, 6.07) is 4.48. The van der Waals surface area contributed by atoms with Crippen LogP contribution in [0.1, 0.15) is 26.3 Å². The lowest BCUT2D eigenvalue weighted by Crippen LogP contribution is -2.25. The van der Waals surface area contributed by atoms with Crippen molar-refractivity contribution in [3.05, 3.63) is 54.7 Å². The smallest absolute Gasteiger partial charge is 0.262 e. The molecule has 1 aliphatic rings. The van der Waals surface area contributed by atoms with E-state index < -0.39 is 17.4 Å². The van der Waals surface area contributed by atoms with Crippen molar-refractivity contribution in [3.8, 4) is 5.69 Å². The number of nitrogens with one attached hydrogen (secondary N) is 1. The largest absolute Gasteiger partial charge is 0.384 e. The van der Waals surface area contributed by atoms with Crippen LogP contribution in [-0.4, -0.2) is 16.4 Å². The molecule has 1 aromatic carbocycles. The standard InChI is InChI=1S/C14H9BrClN3O3/c1-5-2-6(15)3-8(16)11(5)19-9(20)4-7-10(12(19)17)14(22)18-13(7)21/h2-4H,17H2,1H3,(H,18,21,22). The predicted octanol–water partition coefficient (Wildman–Crippen LogP) is 2.03. The molecule has 8 heteroatoms. The van der Waals surface area contributed by atoms with Gasteiger partial charge in [-0.25, -0.2) is 0 Å². The summed E-state index contributed by atoms with van der Waals surface area (Å²) in [6.07, 6.45) is 0. The molecule has 0 aliphatic carbocycles. The number of nitrogen functional groups attached to an aromatic ring is 1. The summed E-state index contributed by atoms with van der Waals surface area (Å²) < 4.78 is 1.89. The van der Waals surface area contributed by atoms with Crippen LogP contribution < -0.4 is 16.6 Å². The number of hydrogen-bond donors (Lipinski definition) is 2. The molecule has 22 heavy (non-hydrogen) atoms. The average Bonchev–Trinajstić information content (AvgIpc) is 2.67. The minimum absolute atomic E-state index is 0.0111. The molecule has 3 rings (SSSR count). The summed E-state index contributed by atoms with van der Waals surface area (Å²) in [4.78, 5) is 35.8. The van der Waals surface area contributed by atoms with Crippen molar-refractivity contribution in [1.82, 2.24) is 9.88 Å². The van der Waals surface area contributed by atoms with Crippen LogP contribution in [0.4, 0.5) is 5.82 Å². The second-order valence-electron chi connectivity index (χ2n) is 4.83. The Balaban J connectivity index is 2.40. The number of aromatic nitrogens is 1. The highest BCUT2D eigenvalue weighted by molar-refractivity contribution is 9.10. The molecule has 0 bridgehead atoms. The van der Waals surface area contributed by atoms with E-state index in [9.17, 15) is 14.4 Å². The molecule has 112 valence electrons. The van der Waals surface area contributed by atoms with E-state index in [1.54, 1.807) is 19.1 Å². The van der Waals surface area contributed by atoms with Crippen LogP contribution in [-0.2, 0) is 0 Å². The summed E-state index contributed by atoms with van der Waals surface area (Å²) in [5.41, 5.74) is 6.48. The molecule has 1 aromatic heterocycles. The SMILES string of the molecule is Cc1cc(Br)cc(Cl)c1-n1c(N)c2c(cc1=O)C(=O)NC2=O. The third-order valence-corrected chi connectivity index (χ3v) is 4.14. The number of nitrogens with zero attached hydrogens (tertiary/aromatic N) is 1. The van der Waals surface area contributed by atoms with E-state index in [2.05, 4.69) is 21.2 Å². The van der Waals surface area contributed by atoms with Gasteiger partial charge in [0.1, 0.15) is 5.82 Å². The van der Waals surface area contributed by atoms with Crippen LogP contribution in [0.15, 0.2) is 27.5 Å². The van der Waals surface area contributed by atoms with Gasteiger partial charge in [0.15, 0.2) is 0 Å². The van der Waals surface area contributed by atoms with Crippen LogP contribution in [0.5, 0.6) is 0 Å². The van der Waals surface area contributed by atoms with E-state index in [1.807, 2.05) is 0 Å². The van der Waals surface area contributed by atoms with E-state index in [1.165, 1.54) is 0 Å². The lowest BCUT2D eigenvalue weighted by atomic mass is 10.1. The molecule has 0 saturated heterocycles. The normalized spacial score (nSPS) is 13.2. The Morgan fingerprint density at radius 1 is 1.18 bits per heavy atom. The van der Waals surface area contributed by atoms with E-state index in [-0.39, 0.29) is 16.9 Å². The van der Waals surface area contributed by atoms with Gasteiger partial charge in [0.05, 0.1) is 21.8 Å². The second kappa shape index (κ2) is 4.96. The Morgan fingerprint density at radius 3 is 2.50 bits per heavy atom. The summed E-state index contributed by atoms with van der Waals surface area (Å²) in [7, 11) is 0. The fourth-order valence-electron chi connectivity index (χ4n) is 2.49. The number of halogens is 2. The summed E-state index contributed by atoms with van der Waals surface area (Å²) in [6.45, 7) is 1.76. The van der Waals surface area contributed by atoms with Gasteiger partial charge in [0.2, 0.25) is 0 Å². The first-order chi connectivity index (χ1) is 10.3. The molecule has 2 amide bonds. The molecular weight excluding hydrogens is 374 g/mol. The molecule has 2 heterocycles. The fourth-order valence-corrected chi connectivity index (χ4v) is 3.54. The van der Waals surface area contributed by atoms with Crippen molar-refractivity contribution < 1.29 is 9.59 Å². The van der Waals surface area contributed by atoms with E-state index >= 15 is 0 Å². The van der Waals surface area contributed by atoms with Gasteiger partial charge < -0.3 is 5.73 Å². The highest BCUT2D eigenvalue weighted by Gasteiger charge is 2.32. The lowest BCUT2D eigenvalue weighted by Gasteiger charge is -2.16. The highest BCUT2D eigenvalue weighted by Crippen LogP contribution is 2.31. The number of aryl methyl sites for hydroxylation is 1. The molecule has 0 saturated carbocycles. The maximum absolute atomic E-state index is 12.4. The second-order valence-corrected chi connectivity index (χ2v) is 6.15. The fraction of sp³-hybridized carbons (Fsp3) is 0.0714. The molecule has 0 atom stereocenters. The number of nitrogens with two attached hydrogens (primary N) is 1. The number of carbonyl (C=O) groups is 2. The third-order valence-electron chi connectivity index (χ3n) is 3.40. The Labute approximate surface area is 138 Å². The minimum Gasteiger partial charge on any atom is -0.384 e. The van der Waals surface area contributed by atoms with Gasteiger partial charge >= 0.3 is 0 Å². The number of rotatable bonds is 1. The van der Waals surface area contributed by atoms with Crippen molar-refractivity contribution in [2.75, 3.05) is 5.73 Å². The topological polar surface area (TPSA) is 94.2 Å². The van der Waals surface area contributed by atoms with Crippen molar-refractivity contribution in [1.29, 1.82) is 0 Å². The number of benzene rings is 1. The third kappa shape index (κ3) is 2.05. The number of fused-ring (bicyclic) bond motifs is 1. The Morgan fingerprint density at radius 2 is 1.86 bits per heavy atom. The molecule has 3 N–H and O–H groups in total. The number of amides is 2. The van der Waals surface area contributed by atoms with Crippen LogP contribution in [0.3, 0.4) is 0 Å². The van der Waals surface area contributed by atoms with Crippen LogP contribution in [0.25, 0.3) is 5.69 Å². The van der Waals surface area contributed by atoms with Crippen molar-refractivity contribution in [2.24, 2.45) is 0 Å². The molecule has 0 spiro atoms. The molecular formula is C14H9BrClN3O3. The van der Waals surface area contributed by atoms with Gasteiger partial charge in [-0.2, -0.15) is 0 Å². The Bertz CT molecular complexity index is 897. The van der Waals surface area contributed by atoms with E-state index in [0.29, 0.717) is 16.3 Å². The van der Waals surface area contributed by atoms with E-state index in [0.717, 1.165) is 15.1 Å². The number of carbonyl (C=O) groups excluding carboxylic acids is 2. The summed E-state index contributed by atoms with van der Waals surface area (Å²) in [5.74, 6) is -1.37.